The van der Waals surface area contributed by atoms with Gasteiger partial charge in [0.1, 0.15) is 11.6 Å². The fraction of sp³-hybridized carbons (Fsp3) is 0.182. The van der Waals surface area contributed by atoms with E-state index in [2.05, 4.69) is 0 Å². The summed E-state index contributed by atoms with van der Waals surface area (Å²) in [6, 6.07) is 15.9. The maximum atomic E-state index is 13.3. The third-order valence-electron chi connectivity index (χ3n) is 4.27. The molecule has 35 heavy (non-hydrogen) atoms. The van der Waals surface area contributed by atoms with Crippen LogP contribution in [0.4, 0.5) is 13.2 Å². The van der Waals surface area contributed by atoms with E-state index in [-0.39, 0.29) is 15.6 Å². The Morgan fingerprint density at radius 2 is 1.71 bits per heavy atom. The number of hydrogen-bond acceptors (Lipinski definition) is 7. The summed E-state index contributed by atoms with van der Waals surface area (Å²) in [5.74, 6) is -2.15. The van der Waals surface area contributed by atoms with E-state index in [4.69, 9.17) is 25.8 Å². The number of amidine groups is 1. The van der Waals surface area contributed by atoms with E-state index in [1.54, 1.807) is 18.2 Å². The number of nitrogens with one attached hydrogen (secondary N) is 1. The highest BCUT2D eigenvalue weighted by Gasteiger charge is 2.38. The van der Waals surface area contributed by atoms with Crippen LogP contribution in [0.1, 0.15) is 11.8 Å². The molecule has 0 aliphatic heterocycles. The summed E-state index contributed by atoms with van der Waals surface area (Å²) in [6.07, 6.45) is -3.27. The lowest BCUT2D eigenvalue weighted by molar-refractivity contribution is -0.192. The van der Waals surface area contributed by atoms with Crippen molar-refractivity contribution >= 4 is 44.7 Å². The summed E-state index contributed by atoms with van der Waals surface area (Å²) in [5.41, 5.74) is 7.21. The number of ether oxygens (including phenoxy) is 1. The van der Waals surface area contributed by atoms with Gasteiger partial charge in [-0.2, -0.15) is 13.2 Å². The monoisotopic (exact) mass is 546 g/mol. The number of thioether (sulfide) groups is 1. The van der Waals surface area contributed by atoms with Crippen LogP contribution < -0.4 is 10.5 Å². The van der Waals surface area contributed by atoms with Crippen LogP contribution in [0.2, 0.25) is 0 Å². The molecule has 0 spiro atoms. The molecule has 3 aromatic rings. The first-order chi connectivity index (χ1) is 16.3. The molecule has 7 nitrogen and oxygen atoms in total. The van der Waals surface area contributed by atoms with Crippen molar-refractivity contribution in [3.8, 4) is 16.9 Å². The van der Waals surface area contributed by atoms with Crippen LogP contribution in [0, 0.1) is 5.41 Å². The second kappa shape index (κ2) is 11.6. The summed E-state index contributed by atoms with van der Waals surface area (Å²) in [4.78, 5) is 9.74. The second-order valence-electron chi connectivity index (χ2n) is 6.68. The Bertz CT molecular complexity index is 1320. The van der Waals surface area contributed by atoms with Crippen molar-refractivity contribution in [3.05, 3.63) is 59.5 Å². The number of sulfone groups is 1. The van der Waals surface area contributed by atoms with Gasteiger partial charge in [0.15, 0.2) is 0 Å². The lowest BCUT2D eigenvalue weighted by Gasteiger charge is -2.09. The van der Waals surface area contributed by atoms with Crippen LogP contribution in [0.3, 0.4) is 0 Å². The third-order valence-corrected chi connectivity index (χ3v) is 8.61. The highest BCUT2D eigenvalue weighted by molar-refractivity contribution is 8.01. The molecule has 0 bridgehead atoms. The quantitative estimate of drug-likeness (QED) is 0.209. The van der Waals surface area contributed by atoms with Crippen molar-refractivity contribution in [2.45, 2.75) is 27.1 Å². The maximum absolute atomic E-state index is 13.3. The van der Waals surface area contributed by atoms with Gasteiger partial charge in [0, 0.05) is 0 Å². The van der Waals surface area contributed by atoms with Gasteiger partial charge in [-0.15, -0.1) is 23.1 Å². The third kappa shape index (κ3) is 7.23. The predicted molar refractivity (Wildman–Crippen MR) is 129 cm³/mol. The van der Waals surface area contributed by atoms with Crippen LogP contribution in [0.5, 0.6) is 5.75 Å². The number of benzene rings is 2. The van der Waals surface area contributed by atoms with Gasteiger partial charge in [-0.05, 0) is 54.6 Å². The summed E-state index contributed by atoms with van der Waals surface area (Å²) in [6.45, 7) is 2.48. The van der Waals surface area contributed by atoms with E-state index >= 15 is 0 Å². The lowest BCUT2D eigenvalue weighted by Crippen LogP contribution is -2.21. The zero-order valence-electron chi connectivity index (χ0n) is 18.4. The van der Waals surface area contributed by atoms with Crippen molar-refractivity contribution in [2.24, 2.45) is 5.73 Å². The van der Waals surface area contributed by atoms with Crippen LogP contribution in [-0.4, -0.2) is 44.4 Å². The van der Waals surface area contributed by atoms with Gasteiger partial charge in [-0.3, -0.25) is 5.41 Å². The molecule has 188 valence electrons. The number of rotatable bonds is 7. The normalized spacial score (nSPS) is 11.3. The van der Waals surface area contributed by atoms with Crippen molar-refractivity contribution in [1.82, 2.24) is 0 Å². The summed E-state index contributed by atoms with van der Waals surface area (Å²) in [5, 5.41) is 14.7. The number of hydrogen-bond donors (Lipinski definition) is 3. The van der Waals surface area contributed by atoms with Gasteiger partial charge in [0.05, 0.1) is 25.5 Å². The fourth-order valence-corrected chi connectivity index (χ4v) is 6.62. The summed E-state index contributed by atoms with van der Waals surface area (Å²) >= 11 is 2.55. The second-order valence-corrected chi connectivity index (χ2v) is 10.7. The van der Waals surface area contributed by atoms with Gasteiger partial charge in [-0.25, -0.2) is 13.2 Å². The number of carboxylic acid groups (broad SMARTS) is 1. The van der Waals surface area contributed by atoms with Crippen molar-refractivity contribution in [3.63, 3.8) is 0 Å². The maximum Gasteiger partial charge on any atom is 0.490 e. The number of thiophene rings is 1. The first-order valence-corrected chi connectivity index (χ1v) is 13.2. The van der Waals surface area contributed by atoms with Crippen LogP contribution >= 0.6 is 23.1 Å². The van der Waals surface area contributed by atoms with E-state index in [1.807, 2.05) is 43.5 Å². The molecule has 0 saturated carbocycles. The number of aliphatic carboxylic acids is 1. The van der Waals surface area contributed by atoms with E-state index in [0.29, 0.717) is 15.7 Å². The van der Waals surface area contributed by atoms with E-state index < -0.39 is 22.0 Å². The Balaban J connectivity index is 0.000000540. The Kier molecular flexibility index (Phi) is 9.35. The molecule has 0 aliphatic carbocycles. The van der Waals surface area contributed by atoms with Crippen LogP contribution in [0.25, 0.3) is 11.1 Å². The number of halogens is 3. The molecule has 1 heterocycles. The van der Waals surface area contributed by atoms with Crippen molar-refractivity contribution < 1.29 is 36.2 Å². The van der Waals surface area contributed by atoms with Crippen LogP contribution in [-0.2, 0) is 14.6 Å². The zero-order chi connectivity index (χ0) is 26.4. The Morgan fingerprint density at radius 1 is 1.14 bits per heavy atom. The predicted octanol–water partition coefficient (Wildman–Crippen LogP) is 5.29. The largest absolute Gasteiger partial charge is 0.494 e. The molecule has 0 saturated heterocycles. The smallest absolute Gasteiger partial charge is 0.490 e. The minimum atomic E-state index is -5.08. The Morgan fingerprint density at radius 3 is 2.23 bits per heavy atom. The molecule has 0 unspecified atom stereocenters. The van der Waals surface area contributed by atoms with Crippen molar-refractivity contribution in [2.75, 3.05) is 12.9 Å². The van der Waals surface area contributed by atoms with Gasteiger partial charge in [0.25, 0.3) is 0 Å². The molecule has 0 amide bonds. The molecule has 0 radical (unpaired) electrons. The minimum Gasteiger partial charge on any atom is -0.494 e. The number of alkyl halides is 3. The molecule has 0 fully saturated rings. The number of carbonyl (C=O) groups is 1. The first kappa shape index (κ1) is 28.2. The molecule has 4 N–H and O–H groups in total. The average molecular weight is 547 g/mol. The zero-order valence-corrected chi connectivity index (χ0v) is 20.9. The fourth-order valence-electron chi connectivity index (χ4n) is 2.72. The Labute approximate surface area is 208 Å². The molecular formula is C22H21F3N2O5S3. The van der Waals surface area contributed by atoms with Gasteiger partial charge in [-0.1, -0.05) is 24.3 Å². The molecule has 2 aromatic carbocycles. The lowest BCUT2D eigenvalue weighted by atomic mass is 10.1. The Hall–Kier alpha value is -3.03. The van der Waals surface area contributed by atoms with Crippen molar-refractivity contribution in [1.29, 1.82) is 5.41 Å². The van der Waals surface area contributed by atoms with Gasteiger partial charge in [0.2, 0.25) is 9.84 Å². The van der Waals surface area contributed by atoms with Gasteiger partial charge >= 0.3 is 12.1 Å². The topological polar surface area (TPSA) is 131 Å². The highest BCUT2D eigenvalue weighted by Crippen LogP contribution is 2.37. The molecular weight excluding hydrogens is 525 g/mol. The molecule has 1 aromatic heterocycles. The summed E-state index contributed by atoms with van der Waals surface area (Å²) < 4.78 is 64.4. The standard InChI is InChI=1S/C20H20N2O3S3.C2HF3O2/c1-3-25-15-8-4-6-13(10-15)14-7-5-9-16(11-14)28(23,24)18-12-17(19(21)22)27-20(18)26-2;3-2(4,5)1(6)7/h4-12H,3H2,1-2H3,(H3,21,22);(H,6,7). The van der Waals surface area contributed by atoms with Crippen LogP contribution in [0.15, 0.2) is 68.6 Å². The SMILES string of the molecule is CCOc1cccc(-c2cccc(S(=O)(=O)c3cc(C(=N)N)sc3SC)c2)c1.O=C(O)C(F)(F)F. The van der Waals surface area contributed by atoms with E-state index in [9.17, 15) is 21.6 Å². The molecule has 3 rings (SSSR count). The molecule has 0 atom stereocenters. The van der Waals surface area contributed by atoms with E-state index in [0.717, 1.165) is 16.9 Å². The first-order valence-electron chi connectivity index (χ1n) is 9.72. The number of nitrogens with two attached hydrogens (primary N) is 1. The number of carboxylic acids is 1. The molecule has 13 heteroatoms. The minimum absolute atomic E-state index is 0.136. The molecule has 0 aliphatic rings. The number of nitrogen functional groups attached to an aromatic ring is 1. The highest BCUT2D eigenvalue weighted by atomic mass is 32.2. The van der Waals surface area contributed by atoms with Gasteiger partial charge < -0.3 is 15.6 Å². The van der Waals surface area contributed by atoms with E-state index in [1.165, 1.54) is 29.2 Å². The average Bonchev–Trinajstić information content (AvgIpc) is 3.25. The summed E-state index contributed by atoms with van der Waals surface area (Å²) in [7, 11) is -3.74.